The number of hydrogen-bond donors (Lipinski definition) is 0. The molecular weight excluding hydrogens is 202 g/mol. The number of hydrogen-bond acceptors (Lipinski definition) is 3. The first-order chi connectivity index (χ1) is 6.49. The molecule has 1 aliphatic rings. The van der Waals surface area contributed by atoms with Crippen molar-refractivity contribution in [2.75, 3.05) is 25.1 Å². The van der Waals surface area contributed by atoms with Gasteiger partial charge >= 0.3 is 0 Å². The molecule has 1 saturated heterocycles. The van der Waals surface area contributed by atoms with Crippen molar-refractivity contribution in [1.29, 1.82) is 0 Å². The topological polar surface area (TPSA) is 54.5 Å². The number of unbranched alkanes of at least 4 members (excludes halogenated alkanes) is 1. The number of rotatable bonds is 5. The fraction of sp³-hybridized carbons (Fsp3) is 0.889. The van der Waals surface area contributed by atoms with E-state index in [1.165, 1.54) is 6.26 Å². The van der Waals surface area contributed by atoms with Crippen LogP contribution in [0.15, 0.2) is 0 Å². The molecule has 0 spiro atoms. The average molecular weight is 219 g/mol. The third kappa shape index (κ3) is 4.09. The second-order valence-electron chi connectivity index (χ2n) is 3.82. The normalized spacial score (nSPS) is 17.8. The minimum absolute atomic E-state index is 0.212. The van der Waals surface area contributed by atoms with Crippen molar-refractivity contribution >= 4 is 15.7 Å². The fourth-order valence-electron chi connectivity index (χ4n) is 1.61. The Balaban J connectivity index is 2.13. The Morgan fingerprint density at radius 1 is 1.36 bits per heavy atom. The molecule has 1 aliphatic heterocycles. The summed E-state index contributed by atoms with van der Waals surface area (Å²) in [4.78, 5) is 13.0. The third-order valence-electron chi connectivity index (χ3n) is 2.36. The van der Waals surface area contributed by atoms with Crippen LogP contribution < -0.4 is 0 Å². The van der Waals surface area contributed by atoms with Gasteiger partial charge in [-0.15, -0.1) is 0 Å². The van der Waals surface area contributed by atoms with E-state index in [2.05, 4.69) is 0 Å². The molecular formula is C9H17NO3S. The molecule has 0 radical (unpaired) electrons. The number of sulfone groups is 1. The Kier molecular flexibility index (Phi) is 3.92. The maximum atomic E-state index is 11.2. The van der Waals surface area contributed by atoms with Gasteiger partial charge in [-0.05, 0) is 19.3 Å². The maximum Gasteiger partial charge on any atom is 0.222 e. The minimum Gasteiger partial charge on any atom is -0.343 e. The molecule has 1 fully saturated rings. The van der Waals surface area contributed by atoms with Crippen molar-refractivity contribution < 1.29 is 13.2 Å². The van der Waals surface area contributed by atoms with Gasteiger partial charge in [-0.1, -0.05) is 0 Å². The lowest BCUT2D eigenvalue weighted by molar-refractivity contribution is -0.127. The molecule has 4 nitrogen and oxygen atoms in total. The molecule has 0 aromatic rings. The molecule has 1 rings (SSSR count). The van der Waals surface area contributed by atoms with Gasteiger partial charge in [0.2, 0.25) is 5.91 Å². The maximum absolute atomic E-state index is 11.2. The zero-order valence-corrected chi connectivity index (χ0v) is 9.35. The van der Waals surface area contributed by atoms with Gasteiger partial charge in [-0.3, -0.25) is 4.79 Å². The van der Waals surface area contributed by atoms with Crippen molar-refractivity contribution in [2.45, 2.75) is 25.7 Å². The Bertz CT molecular complexity index is 297. The van der Waals surface area contributed by atoms with E-state index in [4.69, 9.17) is 0 Å². The van der Waals surface area contributed by atoms with Crippen LogP contribution in [-0.4, -0.2) is 44.3 Å². The quantitative estimate of drug-likeness (QED) is 0.630. The number of carbonyl (C=O) groups excluding carboxylic acids is 1. The van der Waals surface area contributed by atoms with Crippen LogP contribution in [0.2, 0.25) is 0 Å². The monoisotopic (exact) mass is 219 g/mol. The molecule has 14 heavy (non-hydrogen) atoms. The summed E-state index contributed by atoms with van der Waals surface area (Å²) in [5.74, 6) is 0.444. The van der Waals surface area contributed by atoms with E-state index in [1.807, 2.05) is 4.90 Å². The first-order valence-corrected chi connectivity index (χ1v) is 7.00. The summed E-state index contributed by atoms with van der Waals surface area (Å²) in [6.07, 6.45) is 4.30. The van der Waals surface area contributed by atoms with E-state index in [0.29, 0.717) is 19.4 Å². The van der Waals surface area contributed by atoms with E-state index in [9.17, 15) is 13.2 Å². The Labute approximate surface area is 85.2 Å². The molecule has 5 heteroatoms. The standard InChI is InChI=1S/C9H17NO3S/c1-14(12,13)8-3-2-6-10-7-4-5-9(10)11/h2-8H2,1H3. The predicted octanol–water partition coefficient (Wildman–Crippen LogP) is 0.434. The number of likely N-dealkylation sites (tertiary alicyclic amines) is 1. The van der Waals surface area contributed by atoms with E-state index in [1.54, 1.807) is 0 Å². The molecule has 82 valence electrons. The zero-order chi connectivity index (χ0) is 10.6. The van der Waals surface area contributed by atoms with Gasteiger partial charge in [0, 0.05) is 31.5 Å². The van der Waals surface area contributed by atoms with Gasteiger partial charge in [0.25, 0.3) is 0 Å². The van der Waals surface area contributed by atoms with Crippen LogP contribution in [0.3, 0.4) is 0 Å². The van der Waals surface area contributed by atoms with Crippen LogP contribution in [0.4, 0.5) is 0 Å². The second-order valence-corrected chi connectivity index (χ2v) is 6.08. The van der Waals surface area contributed by atoms with Crippen molar-refractivity contribution in [3.63, 3.8) is 0 Å². The van der Waals surface area contributed by atoms with Gasteiger partial charge in [0.15, 0.2) is 0 Å². The molecule has 0 aromatic heterocycles. The van der Waals surface area contributed by atoms with Crippen molar-refractivity contribution in [3.8, 4) is 0 Å². The summed E-state index contributed by atoms with van der Waals surface area (Å²) < 4.78 is 21.6. The molecule has 0 N–H and O–H groups in total. The van der Waals surface area contributed by atoms with Gasteiger partial charge in [0.1, 0.15) is 9.84 Å². The van der Waals surface area contributed by atoms with Gasteiger partial charge in [0.05, 0.1) is 0 Å². The summed E-state index contributed by atoms with van der Waals surface area (Å²) >= 11 is 0. The largest absolute Gasteiger partial charge is 0.343 e. The Morgan fingerprint density at radius 2 is 2.07 bits per heavy atom. The van der Waals surface area contributed by atoms with Crippen LogP contribution in [0.25, 0.3) is 0 Å². The summed E-state index contributed by atoms with van der Waals surface area (Å²) in [6.45, 7) is 1.56. The molecule has 1 amide bonds. The highest BCUT2D eigenvalue weighted by atomic mass is 32.2. The highest BCUT2D eigenvalue weighted by Gasteiger charge is 2.19. The lowest BCUT2D eigenvalue weighted by Gasteiger charge is -2.14. The number of amides is 1. The fourth-order valence-corrected chi connectivity index (χ4v) is 2.34. The van der Waals surface area contributed by atoms with Crippen LogP contribution in [0.1, 0.15) is 25.7 Å². The Hall–Kier alpha value is -0.580. The van der Waals surface area contributed by atoms with Crippen molar-refractivity contribution in [3.05, 3.63) is 0 Å². The smallest absolute Gasteiger partial charge is 0.222 e. The van der Waals surface area contributed by atoms with Crippen LogP contribution in [0.5, 0.6) is 0 Å². The van der Waals surface area contributed by atoms with Gasteiger partial charge in [-0.2, -0.15) is 0 Å². The van der Waals surface area contributed by atoms with E-state index < -0.39 is 9.84 Å². The van der Waals surface area contributed by atoms with E-state index >= 15 is 0 Å². The minimum atomic E-state index is -2.84. The Morgan fingerprint density at radius 3 is 2.57 bits per heavy atom. The SMILES string of the molecule is CS(=O)(=O)CCCCN1CCCC1=O. The van der Waals surface area contributed by atoms with Crippen LogP contribution in [-0.2, 0) is 14.6 Å². The summed E-state index contributed by atoms with van der Waals surface area (Å²) in [5.41, 5.74) is 0. The zero-order valence-electron chi connectivity index (χ0n) is 8.53. The average Bonchev–Trinajstić information content (AvgIpc) is 2.44. The third-order valence-corrected chi connectivity index (χ3v) is 3.39. The first kappa shape index (κ1) is 11.5. The van der Waals surface area contributed by atoms with Gasteiger partial charge in [-0.25, -0.2) is 8.42 Å². The van der Waals surface area contributed by atoms with Crippen molar-refractivity contribution in [2.24, 2.45) is 0 Å². The first-order valence-electron chi connectivity index (χ1n) is 4.94. The summed E-state index contributed by atoms with van der Waals surface area (Å²) in [7, 11) is -2.84. The highest BCUT2D eigenvalue weighted by Crippen LogP contribution is 2.10. The lowest BCUT2D eigenvalue weighted by atomic mass is 10.3. The van der Waals surface area contributed by atoms with Gasteiger partial charge < -0.3 is 4.90 Å². The predicted molar refractivity (Wildman–Crippen MR) is 54.8 cm³/mol. The molecule has 0 bridgehead atoms. The van der Waals surface area contributed by atoms with Crippen LogP contribution in [0, 0.1) is 0 Å². The lowest BCUT2D eigenvalue weighted by Crippen LogP contribution is -2.25. The molecule has 0 atom stereocenters. The van der Waals surface area contributed by atoms with E-state index in [-0.39, 0.29) is 11.7 Å². The summed E-state index contributed by atoms with van der Waals surface area (Å²) in [6, 6.07) is 0. The molecule has 0 unspecified atom stereocenters. The number of carbonyl (C=O) groups is 1. The van der Waals surface area contributed by atoms with E-state index in [0.717, 1.165) is 19.4 Å². The highest BCUT2D eigenvalue weighted by molar-refractivity contribution is 7.90. The second kappa shape index (κ2) is 4.77. The summed E-state index contributed by atoms with van der Waals surface area (Å²) in [5, 5.41) is 0. The number of nitrogens with zero attached hydrogens (tertiary/aromatic N) is 1. The molecule has 0 saturated carbocycles. The van der Waals surface area contributed by atoms with Crippen LogP contribution >= 0.6 is 0 Å². The molecule has 0 aromatic carbocycles. The van der Waals surface area contributed by atoms with Crippen molar-refractivity contribution in [1.82, 2.24) is 4.90 Å². The molecule has 0 aliphatic carbocycles. The molecule has 1 heterocycles.